The van der Waals surface area contributed by atoms with Crippen LogP contribution in [0.5, 0.6) is 0 Å². The summed E-state index contributed by atoms with van der Waals surface area (Å²) in [5, 5.41) is 2.89. The monoisotopic (exact) mass is 597 g/mol. The van der Waals surface area contributed by atoms with Crippen LogP contribution in [0.3, 0.4) is 0 Å². The van der Waals surface area contributed by atoms with Gasteiger partial charge in [0.05, 0.1) is 11.1 Å². The summed E-state index contributed by atoms with van der Waals surface area (Å²) < 4.78 is 80.6. The molecule has 2 unspecified atom stereocenters. The maximum atomic E-state index is 13.5. The van der Waals surface area contributed by atoms with Crippen molar-refractivity contribution in [1.29, 1.82) is 0 Å². The lowest BCUT2D eigenvalue weighted by Crippen LogP contribution is -2.53. The molecule has 1 N–H and O–H groups in total. The third-order valence-electron chi connectivity index (χ3n) is 8.25. The highest BCUT2D eigenvalue weighted by molar-refractivity contribution is 5.95. The molecule has 2 atom stereocenters. The lowest BCUT2D eigenvalue weighted by atomic mass is 9.82. The predicted molar refractivity (Wildman–Crippen MR) is 142 cm³/mol. The Hall–Kier alpha value is -3.57. The maximum absolute atomic E-state index is 13.5. The van der Waals surface area contributed by atoms with Crippen molar-refractivity contribution in [2.24, 2.45) is 5.92 Å². The number of rotatable bonds is 5. The number of alkyl halides is 6. The number of piperidine rings is 1. The van der Waals surface area contributed by atoms with E-state index in [0.29, 0.717) is 44.2 Å². The van der Waals surface area contributed by atoms with Crippen molar-refractivity contribution < 1.29 is 40.7 Å². The fourth-order valence-corrected chi connectivity index (χ4v) is 6.09. The van der Waals surface area contributed by atoms with Crippen LogP contribution >= 0.6 is 0 Å². The first-order valence-electron chi connectivity index (χ1n) is 13.8. The van der Waals surface area contributed by atoms with E-state index in [2.05, 4.69) is 5.32 Å². The third kappa shape index (κ3) is 7.25. The van der Waals surface area contributed by atoms with E-state index < -0.39 is 46.9 Å². The van der Waals surface area contributed by atoms with Gasteiger partial charge in [0.15, 0.2) is 0 Å². The number of halogens is 6. The van der Waals surface area contributed by atoms with Gasteiger partial charge in [0.25, 0.3) is 5.91 Å². The van der Waals surface area contributed by atoms with Crippen LogP contribution in [0.25, 0.3) is 0 Å². The van der Waals surface area contributed by atoms with E-state index in [1.54, 1.807) is 23.1 Å². The largest absolute Gasteiger partial charge is 0.416 e. The summed E-state index contributed by atoms with van der Waals surface area (Å²) in [7, 11) is 1.37. The second-order valence-electron chi connectivity index (χ2n) is 11.1. The van der Waals surface area contributed by atoms with Crippen molar-refractivity contribution in [3.63, 3.8) is 0 Å². The number of benzene rings is 2. The topological polar surface area (TPSA) is 69.7 Å². The highest BCUT2D eigenvalue weighted by Gasteiger charge is 2.41. The van der Waals surface area contributed by atoms with Gasteiger partial charge in [-0.3, -0.25) is 14.4 Å². The summed E-state index contributed by atoms with van der Waals surface area (Å²) >= 11 is 0. The molecule has 2 aromatic carbocycles. The van der Waals surface area contributed by atoms with Gasteiger partial charge in [-0.25, -0.2) is 0 Å². The first-order chi connectivity index (χ1) is 19.6. The molecule has 2 aliphatic rings. The lowest BCUT2D eigenvalue weighted by molar-refractivity contribution is -0.143. The van der Waals surface area contributed by atoms with Gasteiger partial charge in [0, 0.05) is 56.5 Å². The molecule has 12 heteroatoms. The van der Waals surface area contributed by atoms with Crippen LogP contribution in [0, 0.1) is 5.92 Å². The summed E-state index contributed by atoms with van der Waals surface area (Å²) in [5.41, 5.74) is -3.01. The molecule has 42 heavy (non-hydrogen) atoms. The summed E-state index contributed by atoms with van der Waals surface area (Å²) in [4.78, 5) is 41.2. The van der Waals surface area contributed by atoms with Gasteiger partial charge in [0.1, 0.15) is 0 Å². The smallest absolute Gasteiger partial charge is 0.354 e. The van der Waals surface area contributed by atoms with Crippen molar-refractivity contribution in [3.05, 3.63) is 70.8 Å². The number of amides is 3. The number of hydrogen-bond donors (Lipinski definition) is 1. The molecule has 2 aromatic rings. The summed E-state index contributed by atoms with van der Waals surface area (Å²) in [6.45, 7) is 1.98. The van der Waals surface area contributed by atoms with E-state index in [9.17, 15) is 40.7 Å². The van der Waals surface area contributed by atoms with Crippen LogP contribution in [0.2, 0.25) is 0 Å². The molecular weight excluding hydrogens is 564 g/mol. The molecule has 6 nitrogen and oxygen atoms in total. The number of carbonyl (C=O) groups excluding carboxylic acids is 3. The van der Waals surface area contributed by atoms with Gasteiger partial charge in [-0.1, -0.05) is 30.3 Å². The molecule has 2 fully saturated rings. The average molecular weight is 598 g/mol. The standard InChI is InChI=1S/C30H33F6N3O3/c1-18(40)37-24-10-8-20(9-11-24)28(42)39-13-12-26(25(17-39)19-6-4-3-5-7-19)38(2)27(41)21-14-22(29(31,32)33)16-23(15-21)30(34,35)36/h3-7,14-16,20,24-26H,8-13,17H2,1-2H3,(H,37,40). The van der Waals surface area contributed by atoms with Crippen molar-refractivity contribution in [1.82, 2.24) is 15.1 Å². The minimum absolute atomic E-state index is 0.00268. The second-order valence-corrected chi connectivity index (χ2v) is 11.1. The van der Waals surface area contributed by atoms with Gasteiger partial charge in [-0.2, -0.15) is 26.3 Å². The number of nitrogens with zero attached hydrogens (tertiary/aromatic N) is 2. The molecule has 1 saturated carbocycles. The number of likely N-dealkylation sites (N-methyl/N-ethyl adjacent to an activating group) is 1. The second kappa shape index (κ2) is 12.3. The van der Waals surface area contributed by atoms with Gasteiger partial charge < -0.3 is 15.1 Å². The number of likely N-dealkylation sites (tertiary alicyclic amines) is 1. The van der Waals surface area contributed by atoms with Crippen LogP contribution in [0.15, 0.2) is 48.5 Å². The molecule has 1 aliphatic heterocycles. The van der Waals surface area contributed by atoms with E-state index in [1.807, 2.05) is 12.1 Å². The van der Waals surface area contributed by atoms with Gasteiger partial charge in [-0.05, 0) is 55.9 Å². The van der Waals surface area contributed by atoms with E-state index >= 15 is 0 Å². The van der Waals surface area contributed by atoms with E-state index in [-0.39, 0.29) is 42.9 Å². The van der Waals surface area contributed by atoms with Gasteiger partial charge >= 0.3 is 12.4 Å². The molecule has 1 aliphatic carbocycles. The van der Waals surface area contributed by atoms with Crippen LogP contribution in [0.4, 0.5) is 26.3 Å². The lowest BCUT2D eigenvalue weighted by Gasteiger charge is -2.44. The molecule has 0 aromatic heterocycles. The van der Waals surface area contributed by atoms with Crippen LogP contribution in [-0.4, -0.2) is 59.7 Å². The van der Waals surface area contributed by atoms with E-state index in [4.69, 9.17) is 0 Å². The summed E-state index contributed by atoms with van der Waals surface area (Å²) in [5.74, 6) is -1.74. The fraction of sp³-hybridized carbons (Fsp3) is 0.500. The van der Waals surface area contributed by atoms with E-state index in [0.717, 1.165) is 5.56 Å². The van der Waals surface area contributed by atoms with Crippen molar-refractivity contribution in [2.45, 2.75) is 69.4 Å². The molecule has 1 heterocycles. The van der Waals surface area contributed by atoms with Gasteiger partial charge in [0.2, 0.25) is 11.8 Å². The molecule has 228 valence electrons. The Morgan fingerprint density at radius 2 is 1.43 bits per heavy atom. The SMILES string of the molecule is CC(=O)NC1CCC(C(=O)N2CCC(N(C)C(=O)c3cc(C(F)(F)F)cc(C(F)(F)F)c3)C(c3ccccc3)C2)CC1. The molecular formula is C30H33F6N3O3. The quantitative estimate of drug-likeness (QED) is 0.438. The van der Waals surface area contributed by atoms with Crippen LogP contribution < -0.4 is 5.32 Å². The first kappa shape index (κ1) is 31.4. The van der Waals surface area contributed by atoms with Gasteiger partial charge in [-0.15, -0.1) is 0 Å². The Morgan fingerprint density at radius 1 is 0.857 bits per heavy atom. The molecule has 0 radical (unpaired) electrons. The highest BCUT2D eigenvalue weighted by atomic mass is 19.4. The zero-order valence-electron chi connectivity index (χ0n) is 23.3. The van der Waals surface area contributed by atoms with E-state index in [1.165, 1.54) is 18.9 Å². The van der Waals surface area contributed by atoms with Crippen LogP contribution in [0.1, 0.15) is 72.0 Å². The molecule has 3 amide bonds. The fourth-order valence-electron chi connectivity index (χ4n) is 6.09. The number of hydrogen-bond acceptors (Lipinski definition) is 3. The Labute approximate surface area is 240 Å². The zero-order valence-corrected chi connectivity index (χ0v) is 23.3. The predicted octanol–water partition coefficient (Wildman–Crippen LogP) is 5.88. The van der Waals surface area contributed by atoms with Crippen LogP contribution in [-0.2, 0) is 21.9 Å². The minimum Gasteiger partial charge on any atom is -0.354 e. The average Bonchev–Trinajstić information content (AvgIpc) is 2.95. The normalized spacial score (nSPS) is 23.3. The Balaban J connectivity index is 1.56. The van der Waals surface area contributed by atoms with Crippen molar-refractivity contribution in [3.8, 4) is 0 Å². The molecule has 4 rings (SSSR count). The zero-order chi connectivity index (χ0) is 30.8. The summed E-state index contributed by atoms with van der Waals surface area (Å²) in [6.07, 6.45) is -7.25. The minimum atomic E-state index is -5.07. The third-order valence-corrected chi connectivity index (χ3v) is 8.25. The molecule has 0 bridgehead atoms. The molecule has 0 spiro atoms. The van der Waals surface area contributed by atoms with Crippen molar-refractivity contribution >= 4 is 17.7 Å². The Bertz CT molecular complexity index is 1260. The maximum Gasteiger partial charge on any atom is 0.416 e. The first-order valence-corrected chi connectivity index (χ1v) is 13.8. The highest BCUT2D eigenvalue weighted by Crippen LogP contribution is 2.38. The Kier molecular flexibility index (Phi) is 9.22. The number of nitrogens with one attached hydrogen (secondary N) is 1. The van der Waals surface area contributed by atoms with Crippen molar-refractivity contribution in [2.75, 3.05) is 20.1 Å². The Morgan fingerprint density at radius 3 is 1.95 bits per heavy atom. The molecule has 1 saturated heterocycles. The summed E-state index contributed by atoms with van der Waals surface area (Å²) in [6, 6.07) is 9.38. The number of carbonyl (C=O) groups is 3.